The maximum Gasteiger partial charge on any atom is 0.326 e. The predicted molar refractivity (Wildman–Crippen MR) is 486 cm³/mol. The highest BCUT2D eigenvalue weighted by atomic mass is 33.1. The Balaban J connectivity index is 2.56. The van der Waals surface area contributed by atoms with Gasteiger partial charge in [0.15, 0.2) is 17.9 Å². The number of fused-ring (bicyclic) bond motifs is 10. The zero-order chi connectivity index (χ0) is 95.0. The highest BCUT2D eigenvalue weighted by molar-refractivity contribution is 8.77. The van der Waals surface area contributed by atoms with Crippen LogP contribution in [0.25, 0.3) is 0 Å². The summed E-state index contributed by atoms with van der Waals surface area (Å²) in [5.41, 5.74) is 28.1. The van der Waals surface area contributed by atoms with Crippen molar-refractivity contribution in [3.05, 3.63) is 0 Å². The van der Waals surface area contributed by atoms with Crippen LogP contribution in [0.3, 0.4) is 0 Å². The molecule has 3 rings (SSSR count). The monoisotopic (exact) mass is 1910 g/mol. The van der Waals surface area contributed by atoms with Gasteiger partial charge in [0, 0.05) is 54.2 Å². The van der Waals surface area contributed by atoms with E-state index in [1.54, 1.807) is 55.4 Å². The minimum Gasteiger partial charge on any atom is -0.480 e. The van der Waals surface area contributed by atoms with Crippen LogP contribution in [0.4, 0.5) is 0 Å². The molecule has 3 fully saturated rings. The molecule has 17 amide bonds. The van der Waals surface area contributed by atoms with Crippen LogP contribution in [0, 0.1) is 39.9 Å². The Morgan fingerprint density at radius 1 is 0.425 bits per heavy atom. The van der Waals surface area contributed by atoms with Crippen LogP contribution in [0.15, 0.2) is 0 Å². The summed E-state index contributed by atoms with van der Waals surface area (Å²) < 4.78 is 0. The molecule has 3 aliphatic rings. The summed E-state index contributed by atoms with van der Waals surface area (Å²) in [5, 5.41) is 85.1. The molecule has 0 aliphatic carbocycles. The van der Waals surface area contributed by atoms with Crippen molar-refractivity contribution in [2.24, 2.45) is 52.3 Å². The van der Waals surface area contributed by atoms with Crippen LogP contribution in [-0.4, -0.2) is 301 Å². The number of hydrogen-bond acceptors (Lipinski definition) is 29. The van der Waals surface area contributed by atoms with Crippen LogP contribution in [0.5, 0.6) is 0 Å². The van der Waals surface area contributed by atoms with Gasteiger partial charge in [0.1, 0.15) is 84.6 Å². The predicted octanol–water partition coefficient (Wildman–Crippen LogP) is -7.55. The molecule has 716 valence electrons. The molecule has 0 aromatic heterocycles. The Morgan fingerprint density at radius 2 is 0.827 bits per heavy atom. The summed E-state index contributed by atoms with van der Waals surface area (Å²) in [4.78, 5) is 261. The van der Waals surface area contributed by atoms with Crippen LogP contribution in [0.1, 0.15) is 139 Å². The minimum absolute atomic E-state index is 0.0125. The Kier molecular flexibility index (Phi) is 52.8. The fourth-order valence-corrected chi connectivity index (χ4v) is 19.2. The van der Waals surface area contributed by atoms with Crippen molar-refractivity contribution in [2.45, 2.75) is 223 Å². The summed E-state index contributed by atoms with van der Waals surface area (Å²) in [6, 6.07) is -22.2. The van der Waals surface area contributed by atoms with Crippen molar-refractivity contribution < 1.29 is 91.4 Å². The van der Waals surface area contributed by atoms with Gasteiger partial charge < -0.3 is 140 Å². The van der Waals surface area contributed by atoms with Gasteiger partial charge in [0.05, 0.1) is 26.2 Å². The fraction of sp³-hybridized carbons (Fsp3) is 0.716. The van der Waals surface area contributed by atoms with Gasteiger partial charge in [0.2, 0.25) is 100 Å². The van der Waals surface area contributed by atoms with Crippen molar-refractivity contribution >= 4 is 189 Å². The molecule has 0 aromatic rings. The number of nitrogens with two attached hydrogens (primary N) is 5. The molecule has 47 nitrogen and oxygen atoms in total. The SMILES string of the molecule is CCC(C)[C@@H]1NC(=O)[C@@H]2CSSC[C@H](NC(=O)[C@H](CCCNC(=N)N)NC(=O)[C@@H](NC(=O)[C@@H](NC(=O)CN)[C@@H](C)CC)CSSC[C@@H](C(=O)NCC(=O)N[C@@H](CCCNC(=N)N)C(=O)O)NC1=O)C(=O)N[C@@H]([C@@H](C)CC)C(=O)N[C@H]1CSSC[C@H](NC(=O)[C@H]([C@@H](C)CC)NC(=O)CNC(=O)[C@H](CCCCN)NC(=O)CNC1=O)C(=O)N[C@@H](CCCNC(=N)N)C(=O)N2. The zero-order valence-electron chi connectivity index (χ0n) is 72.6. The Hall–Kier alpha value is -9.71. The molecule has 0 aromatic carbocycles. The number of carboxylic acids is 1. The number of hydrogen-bond donors (Lipinski definition) is 29. The lowest BCUT2D eigenvalue weighted by Gasteiger charge is -2.30. The molecule has 18 atom stereocenters. The molecule has 0 radical (unpaired) electrons. The van der Waals surface area contributed by atoms with E-state index in [2.05, 4.69) is 106 Å². The number of unbranched alkanes of at least 4 members (excludes halogenated alkanes) is 1. The lowest BCUT2D eigenvalue weighted by molar-refractivity contribution is -0.142. The molecule has 127 heavy (non-hydrogen) atoms. The molecule has 3 saturated heterocycles. The summed E-state index contributed by atoms with van der Waals surface area (Å²) in [5.74, 6) is -24.9. The average molecular weight is 1910 g/mol. The van der Waals surface area contributed by atoms with Gasteiger partial charge in [-0.15, -0.1) is 0 Å². The quantitative estimate of drug-likeness (QED) is 0.0126. The summed E-state index contributed by atoms with van der Waals surface area (Å²) >= 11 is 0. The standard InChI is InChI=1S/C74H130N28O19S6/c1-9-36(5)54(99-50(103)26-76)67(116)97-46-32-124-123-31-45(60(109)88-28-52(105)90-43(71(120)121)21-17-25-85-74(81)82)96-70(119)57(39(8)12-4)102-66(115)49-35-127-126-34-48(93-61(110)41(91-63(46)112)19-15-23-83-72(77)78)65(114)101-56(38(7)11-3)69(118)95-44-30-122-125-33-47(64(113)92-42(62(111)94-49)20-16-24-84-73(79)80)98-68(117)55(37(6)10-2)100-53(106)29-86-58(107)40(18-13-14-22-75)89-51(104)27-87-59(44)108/h36-49,54-57H,9-35,75-76H2,1-8H3,(H,86,107)(H,87,108)(H,88,109)(H,89,104)(H,90,105)(H,91,112)(H,92,113)(H,93,110)(H,94,111)(H,95,118)(H,96,119)(H,97,116)(H,98,117)(H,99,103)(H,100,106)(H,101,114)(H,102,115)(H,120,121)(H4,77,78,83)(H4,79,80,84)(H4,81,82,85)/t36-,37-,38-,39?,40-,41-,42-,43-,44-,45-,46-,47-,48-,49-,54-,55-,56-,57-/m0/s1. The smallest absolute Gasteiger partial charge is 0.326 e. The Bertz CT molecular complexity index is 3770. The van der Waals surface area contributed by atoms with Crippen molar-refractivity contribution in [1.29, 1.82) is 16.2 Å². The Morgan fingerprint density at radius 3 is 1.28 bits per heavy atom. The third-order valence-electron chi connectivity index (χ3n) is 20.6. The highest BCUT2D eigenvalue weighted by Crippen LogP contribution is 2.28. The number of amides is 17. The van der Waals surface area contributed by atoms with E-state index < -0.39 is 287 Å². The average Bonchev–Trinajstić information content (AvgIpc) is 0.855. The van der Waals surface area contributed by atoms with Crippen LogP contribution in [0.2, 0.25) is 0 Å². The van der Waals surface area contributed by atoms with E-state index in [1.807, 2.05) is 0 Å². The maximum atomic E-state index is 15.5. The number of carbonyl (C=O) groups excluding carboxylic acids is 17. The van der Waals surface area contributed by atoms with Crippen molar-refractivity contribution in [2.75, 3.05) is 86.9 Å². The first-order valence-corrected chi connectivity index (χ1v) is 49.3. The van der Waals surface area contributed by atoms with Gasteiger partial charge in [0.25, 0.3) is 0 Å². The van der Waals surface area contributed by atoms with E-state index in [-0.39, 0.29) is 96.3 Å². The molecular formula is C74H130N28O19S6. The van der Waals surface area contributed by atoms with Crippen molar-refractivity contribution in [1.82, 2.24) is 106 Å². The number of guanidine groups is 3. The third-order valence-corrected chi connectivity index (χ3v) is 27.8. The number of carboxylic acid groups (broad SMARTS) is 1. The second kappa shape index (κ2) is 60.2. The molecule has 1 unspecified atom stereocenters. The summed E-state index contributed by atoms with van der Waals surface area (Å²) in [7, 11) is 5.01. The van der Waals surface area contributed by atoms with E-state index in [0.717, 1.165) is 64.8 Å². The molecule has 0 spiro atoms. The van der Waals surface area contributed by atoms with Crippen molar-refractivity contribution in [3.8, 4) is 0 Å². The highest BCUT2D eigenvalue weighted by Gasteiger charge is 2.41. The maximum absolute atomic E-state index is 15.5. The first-order chi connectivity index (χ1) is 60.2. The Labute approximate surface area is 761 Å². The molecular weight excluding hydrogens is 1780 g/mol. The first kappa shape index (κ1) is 111. The molecule has 0 saturated carbocycles. The second-order valence-electron chi connectivity index (χ2n) is 30.5. The van der Waals surface area contributed by atoms with Crippen LogP contribution >= 0.6 is 64.8 Å². The van der Waals surface area contributed by atoms with E-state index in [1.165, 1.54) is 0 Å². The molecule has 3 aliphatic heterocycles. The number of aliphatic carboxylic acids is 1. The molecule has 4 bridgehead atoms. The second-order valence-corrected chi connectivity index (χ2v) is 38.1. The molecule has 53 heteroatoms. The summed E-state index contributed by atoms with van der Waals surface area (Å²) in [6.45, 7) is 10.4. The molecule has 34 N–H and O–H groups in total. The largest absolute Gasteiger partial charge is 0.480 e. The van der Waals surface area contributed by atoms with E-state index in [0.29, 0.717) is 19.3 Å². The van der Waals surface area contributed by atoms with E-state index >= 15 is 38.4 Å². The number of rotatable bonds is 33. The number of carbonyl (C=O) groups is 18. The molecule has 3 heterocycles. The van der Waals surface area contributed by atoms with Gasteiger partial charge in [-0.25, -0.2) is 4.79 Å². The topological polar surface area (TPSA) is 770 Å². The fourth-order valence-electron chi connectivity index (χ4n) is 12.2. The third kappa shape index (κ3) is 41.9. The summed E-state index contributed by atoms with van der Waals surface area (Å²) in [6.07, 6.45) is 0.896. The van der Waals surface area contributed by atoms with E-state index in [9.17, 15) is 53.1 Å². The lowest BCUT2D eigenvalue weighted by atomic mass is 9.97. The van der Waals surface area contributed by atoms with E-state index in [4.69, 9.17) is 44.9 Å². The van der Waals surface area contributed by atoms with Gasteiger partial charge in [-0.2, -0.15) is 0 Å². The van der Waals surface area contributed by atoms with Crippen LogP contribution < -0.4 is 135 Å². The number of nitrogens with one attached hydrogen (secondary N) is 23. The van der Waals surface area contributed by atoms with Crippen LogP contribution in [-0.2, 0) is 86.3 Å². The van der Waals surface area contributed by atoms with Gasteiger partial charge in [-0.1, -0.05) is 146 Å². The minimum atomic E-state index is -1.77. The normalized spacial score (nSPS) is 24.7. The zero-order valence-corrected chi connectivity index (χ0v) is 77.5. The lowest BCUT2D eigenvalue weighted by Crippen LogP contribution is -2.62. The van der Waals surface area contributed by atoms with Gasteiger partial charge in [-0.3, -0.25) is 97.7 Å². The van der Waals surface area contributed by atoms with Gasteiger partial charge >= 0.3 is 5.97 Å². The first-order valence-electron chi connectivity index (χ1n) is 41.9. The van der Waals surface area contributed by atoms with Crippen molar-refractivity contribution in [3.63, 3.8) is 0 Å². The van der Waals surface area contributed by atoms with Gasteiger partial charge in [-0.05, 0) is 88.0 Å².